The van der Waals surface area contributed by atoms with E-state index in [4.69, 9.17) is 0 Å². The summed E-state index contributed by atoms with van der Waals surface area (Å²) in [6.45, 7) is 3.40. The molecule has 1 atom stereocenters. The van der Waals surface area contributed by atoms with E-state index in [9.17, 15) is 14.0 Å². The van der Waals surface area contributed by atoms with E-state index in [1.807, 2.05) is 9.80 Å². The first-order valence-corrected chi connectivity index (χ1v) is 8.85. The SMILES string of the molecule is O=C(/C=C/CN1CC[C@@H](F)C1)Nc1ccc(C(=O)N2CCCC2)cc1. The van der Waals surface area contributed by atoms with Gasteiger partial charge in [0.15, 0.2) is 0 Å². The molecule has 134 valence electrons. The van der Waals surface area contributed by atoms with Crippen molar-refractivity contribution < 1.29 is 14.0 Å². The molecule has 2 saturated heterocycles. The van der Waals surface area contributed by atoms with Crippen molar-refractivity contribution >= 4 is 17.5 Å². The number of nitrogens with one attached hydrogen (secondary N) is 1. The lowest BCUT2D eigenvalue weighted by atomic mass is 10.2. The molecule has 0 saturated carbocycles. The molecule has 0 bridgehead atoms. The van der Waals surface area contributed by atoms with Gasteiger partial charge in [0, 0.05) is 50.1 Å². The summed E-state index contributed by atoms with van der Waals surface area (Å²) >= 11 is 0. The summed E-state index contributed by atoms with van der Waals surface area (Å²) in [5, 5.41) is 2.77. The highest BCUT2D eigenvalue weighted by molar-refractivity contribution is 6.00. The van der Waals surface area contributed by atoms with E-state index in [0.717, 1.165) is 32.5 Å². The Hall–Kier alpha value is -2.21. The number of nitrogens with zero attached hydrogens (tertiary/aromatic N) is 2. The van der Waals surface area contributed by atoms with Crippen LogP contribution in [0.15, 0.2) is 36.4 Å². The average Bonchev–Trinajstić information content (AvgIpc) is 3.27. The molecule has 5 nitrogen and oxygen atoms in total. The largest absolute Gasteiger partial charge is 0.339 e. The molecule has 6 heteroatoms. The predicted molar refractivity (Wildman–Crippen MR) is 95.3 cm³/mol. The first-order chi connectivity index (χ1) is 12.1. The van der Waals surface area contributed by atoms with Gasteiger partial charge in [0.25, 0.3) is 5.91 Å². The van der Waals surface area contributed by atoms with E-state index in [1.165, 1.54) is 6.08 Å². The van der Waals surface area contributed by atoms with Crippen LogP contribution in [0.25, 0.3) is 0 Å². The first kappa shape index (κ1) is 17.6. The zero-order valence-electron chi connectivity index (χ0n) is 14.3. The van der Waals surface area contributed by atoms with Crippen molar-refractivity contribution in [3.63, 3.8) is 0 Å². The van der Waals surface area contributed by atoms with Crippen LogP contribution in [0.4, 0.5) is 10.1 Å². The molecule has 2 amide bonds. The van der Waals surface area contributed by atoms with Crippen LogP contribution < -0.4 is 5.32 Å². The fraction of sp³-hybridized carbons (Fsp3) is 0.474. The van der Waals surface area contributed by atoms with Crippen LogP contribution in [0.5, 0.6) is 0 Å². The summed E-state index contributed by atoms with van der Waals surface area (Å²) in [4.78, 5) is 28.0. The molecule has 1 N–H and O–H groups in total. The number of benzene rings is 1. The summed E-state index contributed by atoms with van der Waals surface area (Å²) in [5.41, 5.74) is 1.29. The van der Waals surface area contributed by atoms with Gasteiger partial charge in [-0.3, -0.25) is 14.5 Å². The maximum absolute atomic E-state index is 13.1. The van der Waals surface area contributed by atoms with Crippen molar-refractivity contribution in [2.45, 2.75) is 25.4 Å². The molecule has 1 aromatic rings. The summed E-state index contributed by atoms with van der Waals surface area (Å²) < 4.78 is 13.1. The molecule has 1 aromatic carbocycles. The van der Waals surface area contributed by atoms with Gasteiger partial charge in [-0.1, -0.05) is 6.08 Å². The molecule has 2 aliphatic heterocycles. The summed E-state index contributed by atoms with van der Waals surface area (Å²) in [6, 6.07) is 6.96. The van der Waals surface area contributed by atoms with Crippen LogP contribution in [0.2, 0.25) is 0 Å². The summed E-state index contributed by atoms with van der Waals surface area (Å²) in [6.07, 6.45) is 5.17. The molecule has 25 heavy (non-hydrogen) atoms. The highest BCUT2D eigenvalue weighted by Crippen LogP contribution is 2.15. The lowest BCUT2D eigenvalue weighted by molar-refractivity contribution is -0.111. The number of carbonyl (C=O) groups excluding carboxylic acids is 2. The third kappa shape index (κ3) is 4.89. The molecule has 2 heterocycles. The van der Waals surface area contributed by atoms with E-state index >= 15 is 0 Å². The zero-order chi connectivity index (χ0) is 17.6. The number of alkyl halides is 1. The lowest BCUT2D eigenvalue weighted by Crippen LogP contribution is -2.27. The standard InChI is InChI=1S/C19H24FN3O2/c20-16-9-13-22(14-16)10-3-4-18(24)21-17-7-5-15(6-8-17)19(25)23-11-1-2-12-23/h3-8,16H,1-2,9-14H2,(H,21,24)/b4-3+/t16-/m1/s1. The van der Waals surface area contributed by atoms with Gasteiger partial charge in [-0.2, -0.15) is 0 Å². The Morgan fingerprint density at radius 3 is 2.52 bits per heavy atom. The monoisotopic (exact) mass is 345 g/mol. The smallest absolute Gasteiger partial charge is 0.253 e. The second kappa shape index (κ2) is 8.25. The summed E-state index contributed by atoms with van der Waals surface area (Å²) in [5.74, 6) is -0.179. The molecule has 2 aliphatic rings. The Kier molecular flexibility index (Phi) is 5.81. The second-order valence-electron chi connectivity index (χ2n) is 6.61. The number of hydrogen-bond acceptors (Lipinski definition) is 3. The Labute approximate surface area is 147 Å². The molecule has 0 spiro atoms. The number of likely N-dealkylation sites (tertiary alicyclic amines) is 2. The number of carbonyl (C=O) groups is 2. The van der Waals surface area contributed by atoms with Crippen LogP contribution in [0.1, 0.15) is 29.6 Å². The minimum atomic E-state index is -0.746. The number of anilines is 1. The Morgan fingerprint density at radius 2 is 1.88 bits per heavy atom. The fourth-order valence-electron chi connectivity index (χ4n) is 3.24. The quantitative estimate of drug-likeness (QED) is 0.834. The van der Waals surface area contributed by atoms with Gasteiger partial charge in [0.1, 0.15) is 6.17 Å². The van der Waals surface area contributed by atoms with Crippen LogP contribution in [-0.4, -0.2) is 60.5 Å². The molecular formula is C19H24FN3O2. The van der Waals surface area contributed by atoms with Crippen LogP contribution in [-0.2, 0) is 4.79 Å². The minimum absolute atomic E-state index is 0.0482. The molecule has 0 aliphatic carbocycles. The van der Waals surface area contributed by atoms with Crippen LogP contribution in [0.3, 0.4) is 0 Å². The third-order valence-electron chi connectivity index (χ3n) is 4.64. The van der Waals surface area contributed by atoms with Gasteiger partial charge < -0.3 is 10.2 Å². The van der Waals surface area contributed by atoms with E-state index in [-0.39, 0.29) is 11.8 Å². The molecule has 2 fully saturated rings. The second-order valence-corrected chi connectivity index (χ2v) is 6.61. The van der Waals surface area contributed by atoms with E-state index in [1.54, 1.807) is 30.3 Å². The molecule has 0 aromatic heterocycles. The molecule has 0 unspecified atom stereocenters. The maximum atomic E-state index is 13.1. The number of halogens is 1. The Balaban J connectivity index is 1.47. The van der Waals surface area contributed by atoms with E-state index < -0.39 is 6.17 Å². The van der Waals surface area contributed by atoms with Gasteiger partial charge in [-0.15, -0.1) is 0 Å². The third-order valence-corrected chi connectivity index (χ3v) is 4.64. The average molecular weight is 345 g/mol. The number of rotatable bonds is 5. The van der Waals surface area contributed by atoms with Crippen molar-refractivity contribution in [2.75, 3.05) is 38.0 Å². The van der Waals surface area contributed by atoms with Gasteiger partial charge in [0.05, 0.1) is 0 Å². The highest BCUT2D eigenvalue weighted by atomic mass is 19.1. The lowest BCUT2D eigenvalue weighted by Gasteiger charge is -2.15. The normalized spacial score (nSPS) is 21.2. The molecule has 3 rings (SSSR count). The van der Waals surface area contributed by atoms with Gasteiger partial charge in [0.2, 0.25) is 5.91 Å². The molecule has 0 radical (unpaired) electrons. The van der Waals surface area contributed by atoms with Crippen LogP contribution >= 0.6 is 0 Å². The number of amides is 2. The zero-order valence-corrected chi connectivity index (χ0v) is 14.3. The maximum Gasteiger partial charge on any atom is 0.253 e. The Bertz CT molecular complexity index is 639. The van der Waals surface area contributed by atoms with Gasteiger partial charge in [-0.05, 0) is 43.5 Å². The molecular weight excluding hydrogens is 321 g/mol. The van der Waals surface area contributed by atoms with Crippen molar-refractivity contribution in [3.8, 4) is 0 Å². The van der Waals surface area contributed by atoms with Crippen LogP contribution in [0, 0.1) is 0 Å². The number of hydrogen-bond donors (Lipinski definition) is 1. The van der Waals surface area contributed by atoms with Crippen molar-refractivity contribution in [1.29, 1.82) is 0 Å². The fourth-order valence-corrected chi connectivity index (χ4v) is 3.24. The minimum Gasteiger partial charge on any atom is -0.339 e. The van der Waals surface area contributed by atoms with Gasteiger partial charge >= 0.3 is 0 Å². The highest BCUT2D eigenvalue weighted by Gasteiger charge is 2.20. The summed E-state index contributed by atoms with van der Waals surface area (Å²) in [7, 11) is 0. The van der Waals surface area contributed by atoms with Gasteiger partial charge in [-0.25, -0.2) is 4.39 Å². The predicted octanol–water partition coefficient (Wildman–Crippen LogP) is 2.46. The van der Waals surface area contributed by atoms with Crippen molar-refractivity contribution in [1.82, 2.24) is 9.80 Å². The van der Waals surface area contributed by atoms with Crippen molar-refractivity contribution in [2.24, 2.45) is 0 Å². The topological polar surface area (TPSA) is 52.7 Å². The first-order valence-electron chi connectivity index (χ1n) is 8.85. The van der Waals surface area contributed by atoms with Crippen molar-refractivity contribution in [3.05, 3.63) is 42.0 Å². The van der Waals surface area contributed by atoms with E-state index in [2.05, 4.69) is 5.32 Å². The Morgan fingerprint density at radius 1 is 1.16 bits per heavy atom. The van der Waals surface area contributed by atoms with E-state index in [0.29, 0.717) is 30.8 Å².